The van der Waals surface area contributed by atoms with E-state index in [1.165, 1.54) is 24.2 Å². The van der Waals surface area contributed by atoms with Gasteiger partial charge in [0.2, 0.25) is 0 Å². The maximum absolute atomic E-state index is 12.4. The first-order valence-corrected chi connectivity index (χ1v) is 7.91. The van der Waals surface area contributed by atoms with Gasteiger partial charge in [0.15, 0.2) is 0 Å². The lowest BCUT2D eigenvalue weighted by molar-refractivity contribution is 0.0674. The lowest BCUT2D eigenvalue weighted by Gasteiger charge is -2.33. The number of aromatic nitrogens is 1. The molecule has 0 spiro atoms. The highest BCUT2D eigenvalue weighted by atomic mass is 32.1. The van der Waals surface area contributed by atoms with Crippen molar-refractivity contribution in [2.24, 2.45) is 11.7 Å². The Bertz CT molecular complexity index is 424. The Morgan fingerprint density at radius 1 is 1.47 bits per heavy atom. The van der Waals surface area contributed by atoms with Crippen LogP contribution in [0.5, 0.6) is 0 Å². The summed E-state index contributed by atoms with van der Waals surface area (Å²) in [6.07, 6.45) is 5.42. The number of carbonyl (C=O) groups is 1. The van der Waals surface area contributed by atoms with Crippen molar-refractivity contribution in [3.05, 3.63) is 16.1 Å². The Hall–Kier alpha value is -0.940. The third-order valence-corrected chi connectivity index (χ3v) is 4.89. The van der Waals surface area contributed by atoms with Crippen molar-refractivity contribution in [1.82, 2.24) is 9.88 Å². The zero-order valence-corrected chi connectivity index (χ0v) is 12.6. The SMILES string of the molecule is CC1CCC(N(C)C(=O)c2csc(CCN)n2)CC1. The molecule has 1 aliphatic rings. The Kier molecular flexibility index (Phi) is 4.93. The maximum Gasteiger partial charge on any atom is 0.273 e. The number of nitrogens with zero attached hydrogens (tertiary/aromatic N) is 2. The summed E-state index contributed by atoms with van der Waals surface area (Å²) in [5.41, 5.74) is 6.09. The molecule has 1 aromatic heterocycles. The molecule has 2 rings (SSSR count). The summed E-state index contributed by atoms with van der Waals surface area (Å²) in [4.78, 5) is 18.6. The molecule has 0 aliphatic heterocycles. The summed E-state index contributed by atoms with van der Waals surface area (Å²) in [5, 5.41) is 2.81. The predicted molar refractivity (Wildman–Crippen MR) is 78.4 cm³/mol. The third kappa shape index (κ3) is 3.54. The molecule has 5 heteroatoms. The van der Waals surface area contributed by atoms with Crippen LogP contribution in [0, 0.1) is 5.92 Å². The number of amides is 1. The predicted octanol–water partition coefficient (Wildman–Crippen LogP) is 2.30. The molecule has 106 valence electrons. The molecular formula is C14H23N3OS. The number of nitrogens with two attached hydrogens (primary N) is 1. The van der Waals surface area contributed by atoms with E-state index in [4.69, 9.17) is 5.73 Å². The van der Waals surface area contributed by atoms with Crippen LogP contribution in [0.25, 0.3) is 0 Å². The molecule has 4 nitrogen and oxygen atoms in total. The van der Waals surface area contributed by atoms with Gasteiger partial charge in [-0.05, 0) is 38.1 Å². The lowest BCUT2D eigenvalue weighted by Crippen LogP contribution is -2.39. The monoisotopic (exact) mass is 281 g/mol. The van der Waals surface area contributed by atoms with Crippen LogP contribution < -0.4 is 5.73 Å². The van der Waals surface area contributed by atoms with Gasteiger partial charge >= 0.3 is 0 Å². The summed E-state index contributed by atoms with van der Waals surface area (Å²) < 4.78 is 0. The van der Waals surface area contributed by atoms with Crippen molar-refractivity contribution >= 4 is 17.2 Å². The fraction of sp³-hybridized carbons (Fsp3) is 0.714. The van der Waals surface area contributed by atoms with E-state index in [9.17, 15) is 4.79 Å². The standard InChI is InChI=1S/C14H23N3OS/c1-10-3-5-11(6-4-10)17(2)14(18)12-9-19-13(16-12)7-8-15/h9-11H,3-8,15H2,1-2H3. The average molecular weight is 281 g/mol. The lowest BCUT2D eigenvalue weighted by atomic mass is 9.87. The average Bonchev–Trinajstić information content (AvgIpc) is 2.87. The van der Waals surface area contributed by atoms with E-state index in [1.54, 1.807) is 0 Å². The summed E-state index contributed by atoms with van der Waals surface area (Å²) in [7, 11) is 1.91. The molecule has 0 radical (unpaired) electrons. The van der Waals surface area contributed by atoms with Gasteiger partial charge in [0.25, 0.3) is 5.91 Å². The van der Waals surface area contributed by atoms with E-state index >= 15 is 0 Å². The van der Waals surface area contributed by atoms with Crippen molar-refractivity contribution in [1.29, 1.82) is 0 Å². The van der Waals surface area contributed by atoms with Crippen LogP contribution in [-0.4, -0.2) is 35.4 Å². The molecule has 0 bridgehead atoms. The van der Waals surface area contributed by atoms with Crippen molar-refractivity contribution in [3.63, 3.8) is 0 Å². The van der Waals surface area contributed by atoms with Gasteiger partial charge in [0.1, 0.15) is 5.69 Å². The molecule has 0 atom stereocenters. The van der Waals surface area contributed by atoms with Crippen molar-refractivity contribution in [3.8, 4) is 0 Å². The van der Waals surface area contributed by atoms with Gasteiger partial charge in [0.05, 0.1) is 5.01 Å². The molecule has 1 aromatic rings. The second-order valence-electron chi connectivity index (χ2n) is 5.49. The van der Waals surface area contributed by atoms with E-state index in [1.807, 2.05) is 17.3 Å². The van der Waals surface area contributed by atoms with E-state index in [0.717, 1.165) is 30.2 Å². The van der Waals surface area contributed by atoms with Gasteiger partial charge in [0, 0.05) is 24.9 Å². The van der Waals surface area contributed by atoms with E-state index in [-0.39, 0.29) is 5.91 Å². The van der Waals surface area contributed by atoms with E-state index < -0.39 is 0 Å². The Labute approximate surface area is 119 Å². The topological polar surface area (TPSA) is 59.2 Å². The van der Waals surface area contributed by atoms with Gasteiger partial charge in [-0.3, -0.25) is 4.79 Å². The number of hydrogen-bond acceptors (Lipinski definition) is 4. The highest BCUT2D eigenvalue weighted by Crippen LogP contribution is 2.27. The Balaban J connectivity index is 1.97. The largest absolute Gasteiger partial charge is 0.337 e. The molecule has 1 saturated carbocycles. The number of carbonyl (C=O) groups excluding carboxylic acids is 1. The van der Waals surface area contributed by atoms with Crippen molar-refractivity contribution < 1.29 is 4.79 Å². The van der Waals surface area contributed by atoms with Crippen LogP contribution >= 0.6 is 11.3 Å². The van der Waals surface area contributed by atoms with Crippen LogP contribution in [0.3, 0.4) is 0 Å². The smallest absolute Gasteiger partial charge is 0.273 e. The quantitative estimate of drug-likeness (QED) is 0.921. The molecule has 0 unspecified atom stereocenters. The highest BCUT2D eigenvalue weighted by Gasteiger charge is 2.26. The number of hydrogen-bond donors (Lipinski definition) is 1. The summed E-state index contributed by atoms with van der Waals surface area (Å²) in [6, 6.07) is 0.378. The molecular weight excluding hydrogens is 258 g/mol. The summed E-state index contributed by atoms with van der Waals surface area (Å²) in [5.74, 6) is 0.856. The van der Waals surface area contributed by atoms with Crippen LogP contribution in [0.1, 0.15) is 48.1 Å². The summed E-state index contributed by atoms with van der Waals surface area (Å²) in [6.45, 7) is 2.87. The van der Waals surface area contributed by atoms with Crippen molar-refractivity contribution in [2.45, 2.75) is 45.1 Å². The first-order chi connectivity index (χ1) is 9.11. The summed E-state index contributed by atoms with van der Waals surface area (Å²) >= 11 is 1.53. The second kappa shape index (κ2) is 6.48. The van der Waals surface area contributed by atoms with Gasteiger partial charge < -0.3 is 10.6 Å². The van der Waals surface area contributed by atoms with Gasteiger partial charge in [-0.2, -0.15) is 0 Å². The van der Waals surface area contributed by atoms with E-state index in [2.05, 4.69) is 11.9 Å². The molecule has 1 heterocycles. The minimum atomic E-state index is 0.0547. The number of thiazole rings is 1. The first kappa shape index (κ1) is 14.5. The van der Waals surface area contributed by atoms with Crippen molar-refractivity contribution in [2.75, 3.05) is 13.6 Å². The normalized spacial score (nSPS) is 23.3. The Morgan fingerprint density at radius 2 is 2.16 bits per heavy atom. The highest BCUT2D eigenvalue weighted by molar-refractivity contribution is 7.09. The zero-order valence-electron chi connectivity index (χ0n) is 11.8. The van der Waals surface area contributed by atoms with Crippen LogP contribution in [0.15, 0.2) is 5.38 Å². The number of rotatable bonds is 4. The van der Waals surface area contributed by atoms with Gasteiger partial charge in [-0.1, -0.05) is 6.92 Å². The maximum atomic E-state index is 12.4. The molecule has 19 heavy (non-hydrogen) atoms. The fourth-order valence-electron chi connectivity index (χ4n) is 2.62. The van der Waals surface area contributed by atoms with Gasteiger partial charge in [-0.25, -0.2) is 4.98 Å². The van der Waals surface area contributed by atoms with Crippen LogP contribution in [-0.2, 0) is 6.42 Å². The van der Waals surface area contributed by atoms with Crippen LogP contribution in [0.4, 0.5) is 0 Å². The van der Waals surface area contributed by atoms with Gasteiger partial charge in [-0.15, -0.1) is 11.3 Å². The first-order valence-electron chi connectivity index (χ1n) is 7.03. The van der Waals surface area contributed by atoms with Crippen LogP contribution in [0.2, 0.25) is 0 Å². The molecule has 0 saturated heterocycles. The van der Waals surface area contributed by atoms with E-state index in [0.29, 0.717) is 18.3 Å². The second-order valence-corrected chi connectivity index (χ2v) is 6.44. The molecule has 2 N–H and O–H groups in total. The molecule has 1 fully saturated rings. The zero-order chi connectivity index (χ0) is 13.8. The minimum Gasteiger partial charge on any atom is -0.337 e. The fourth-order valence-corrected chi connectivity index (χ4v) is 3.41. The molecule has 1 amide bonds. The Morgan fingerprint density at radius 3 is 2.79 bits per heavy atom. The molecule has 1 aliphatic carbocycles. The minimum absolute atomic E-state index is 0.0547. The molecule has 0 aromatic carbocycles. The third-order valence-electron chi connectivity index (χ3n) is 3.98.